The monoisotopic (exact) mass is 239 g/mol. The SMILES string of the molecule is Cc1nsc(-c2ccc(F)c([N+](=O)[O-])c2)n1. The number of aryl methyl sites for hydroxylation is 1. The second kappa shape index (κ2) is 3.93. The van der Waals surface area contributed by atoms with Crippen molar-refractivity contribution in [2.24, 2.45) is 0 Å². The fourth-order valence-electron chi connectivity index (χ4n) is 1.20. The fourth-order valence-corrected chi connectivity index (χ4v) is 1.86. The Balaban J connectivity index is 2.51. The molecule has 0 radical (unpaired) electrons. The van der Waals surface area contributed by atoms with Gasteiger partial charge >= 0.3 is 5.69 Å². The molecule has 0 saturated carbocycles. The van der Waals surface area contributed by atoms with E-state index in [9.17, 15) is 14.5 Å². The molecular formula is C9H6FN3O2S. The quantitative estimate of drug-likeness (QED) is 0.596. The van der Waals surface area contributed by atoms with E-state index in [2.05, 4.69) is 9.36 Å². The first-order chi connectivity index (χ1) is 7.58. The van der Waals surface area contributed by atoms with Crippen LogP contribution in [-0.4, -0.2) is 14.3 Å². The van der Waals surface area contributed by atoms with Gasteiger partial charge in [-0.3, -0.25) is 10.1 Å². The summed E-state index contributed by atoms with van der Waals surface area (Å²) in [5.41, 5.74) is -0.0518. The first-order valence-electron chi connectivity index (χ1n) is 4.32. The van der Waals surface area contributed by atoms with E-state index in [1.165, 1.54) is 6.07 Å². The van der Waals surface area contributed by atoms with Crippen molar-refractivity contribution in [2.75, 3.05) is 0 Å². The standard InChI is InChI=1S/C9H6FN3O2S/c1-5-11-9(16-12-5)6-2-3-7(10)8(4-6)13(14)15/h2-4H,1H3. The maximum atomic E-state index is 13.1. The van der Waals surface area contributed by atoms with Crippen molar-refractivity contribution in [1.29, 1.82) is 0 Å². The van der Waals surface area contributed by atoms with E-state index in [0.717, 1.165) is 23.7 Å². The molecule has 82 valence electrons. The lowest BCUT2D eigenvalue weighted by atomic mass is 10.2. The van der Waals surface area contributed by atoms with Gasteiger partial charge in [-0.1, -0.05) is 0 Å². The van der Waals surface area contributed by atoms with Gasteiger partial charge in [-0.25, -0.2) is 4.98 Å². The Morgan fingerprint density at radius 1 is 1.50 bits per heavy atom. The van der Waals surface area contributed by atoms with Crippen LogP contribution in [-0.2, 0) is 0 Å². The van der Waals surface area contributed by atoms with Crippen molar-refractivity contribution in [2.45, 2.75) is 6.92 Å². The third-order valence-corrected chi connectivity index (χ3v) is 2.77. The van der Waals surface area contributed by atoms with Gasteiger partial charge in [0.1, 0.15) is 10.8 Å². The molecule has 0 aliphatic carbocycles. The van der Waals surface area contributed by atoms with Crippen LogP contribution in [0.2, 0.25) is 0 Å². The molecule has 0 aliphatic heterocycles. The summed E-state index contributed by atoms with van der Waals surface area (Å²) in [5.74, 6) is -0.262. The summed E-state index contributed by atoms with van der Waals surface area (Å²) in [4.78, 5) is 13.9. The third-order valence-electron chi connectivity index (χ3n) is 1.92. The molecule has 1 aromatic heterocycles. The van der Waals surface area contributed by atoms with E-state index in [1.807, 2.05) is 0 Å². The highest BCUT2D eigenvalue weighted by molar-refractivity contribution is 7.09. The van der Waals surface area contributed by atoms with Crippen molar-refractivity contribution < 1.29 is 9.31 Å². The topological polar surface area (TPSA) is 68.9 Å². The van der Waals surface area contributed by atoms with E-state index in [1.54, 1.807) is 6.92 Å². The molecule has 2 aromatic rings. The number of rotatable bonds is 2. The molecule has 0 atom stereocenters. The van der Waals surface area contributed by atoms with E-state index >= 15 is 0 Å². The summed E-state index contributed by atoms with van der Waals surface area (Å²) in [7, 11) is 0. The number of halogens is 1. The predicted octanol–water partition coefficient (Wildman–Crippen LogP) is 2.56. The Kier molecular flexibility index (Phi) is 2.61. The van der Waals surface area contributed by atoms with Crippen LogP contribution in [0, 0.1) is 22.9 Å². The zero-order valence-electron chi connectivity index (χ0n) is 8.18. The average Bonchev–Trinajstić information content (AvgIpc) is 2.65. The average molecular weight is 239 g/mol. The van der Waals surface area contributed by atoms with Gasteiger partial charge in [0.2, 0.25) is 5.82 Å². The largest absolute Gasteiger partial charge is 0.305 e. The minimum absolute atomic E-state index is 0.499. The van der Waals surface area contributed by atoms with E-state index in [0.29, 0.717) is 16.4 Å². The van der Waals surface area contributed by atoms with Crippen LogP contribution in [0.1, 0.15) is 5.82 Å². The number of nitrogens with zero attached hydrogens (tertiary/aromatic N) is 3. The minimum Gasteiger partial charge on any atom is -0.258 e. The highest BCUT2D eigenvalue weighted by atomic mass is 32.1. The summed E-state index contributed by atoms with van der Waals surface area (Å²) >= 11 is 1.12. The molecule has 0 amide bonds. The van der Waals surface area contributed by atoms with Crippen LogP contribution in [0.15, 0.2) is 18.2 Å². The molecule has 7 heteroatoms. The molecule has 0 bridgehead atoms. The Morgan fingerprint density at radius 3 is 2.81 bits per heavy atom. The van der Waals surface area contributed by atoms with Gasteiger partial charge in [0.25, 0.3) is 0 Å². The second-order valence-corrected chi connectivity index (χ2v) is 3.82. The summed E-state index contributed by atoms with van der Waals surface area (Å²) < 4.78 is 17.0. The van der Waals surface area contributed by atoms with Crippen molar-refractivity contribution in [3.05, 3.63) is 40.0 Å². The summed E-state index contributed by atoms with van der Waals surface area (Å²) in [6.07, 6.45) is 0. The number of benzene rings is 1. The van der Waals surface area contributed by atoms with Crippen LogP contribution >= 0.6 is 11.5 Å². The van der Waals surface area contributed by atoms with Crippen LogP contribution in [0.4, 0.5) is 10.1 Å². The molecule has 0 fully saturated rings. The Hall–Kier alpha value is -1.89. The summed E-state index contributed by atoms with van der Waals surface area (Å²) in [6, 6.07) is 3.67. The Bertz CT molecular complexity index is 555. The van der Waals surface area contributed by atoms with E-state index < -0.39 is 16.4 Å². The Morgan fingerprint density at radius 2 is 2.25 bits per heavy atom. The van der Waals surface area contributed by atoms with Gasteiger partial charge in [0, 0.05) is 11.6 Å². The zero-order valence-corrected chi connectivity index (χ0v) is 8.99. The van der Waals surface area contributed by atoms with Gasteiger partial charge < -0.3 is 0 Å². The lowest BCUT2D eigenvalue weighted by Gasteiger charge is -1.97. The lowest BCUT2D eigenvalue weighted by molar-refractivity contribution is -0.387. The second-order valence-electron chi connectivity index (χ2n) is 3.07. The maximum Gasteiger partial charge on any atom is 0.305 e. The zero-order chi connectivity index (χ0) is 11.7. The normalized spacial score (nSPS) is 10.4. The molecule has 2 rings (SSSR count). The number of nitro benzene ring substituents is 1. The molecule has 0 spiro atoms. The number of hydrogen-bond acceptors (Lipinski definition) is 5. The molecule has 0 saturated heterocycles. The van der Waals surface area contributed by atoms with Crippen molar-refractivity contribution in [1.82, 2.24) is 9.36 Å². The van der Waals surface area contributed by atoms with Crippen LogP contribution in [0.25, 0.3) is 10.6 Å². The van der Waals surface area contributed by atoms with Crippen molar-refractivity contribution in [3.8, 4) is 10.6 Å². The van der Waals surface area contributed by atoms with Crippen LogP contribution in [0.3, 0.4) is 0 Å². The molecular weight excluding hydrogens is 233 g/mol. The highest BCUT2D eigenvalue weighted by Gasteiger charge is 2.16. The van der Waals surface area contributed by atoms with Gasteiger partial charge in [-0.05, 0) is 30.6 Å². The van der Waals surface area contributed by atoms with E-state index in [-0.39, 0.29) is 0 Å². The number of nitro groups is 1. The Labute approximate surface area is 93.9 Å². The smallest absolute Gasteiger partial charge is 0.258 e. The number of hydrogen-bond donors (Lipinski definition) is 0. The summed E-state index contributed by atoms with van der Waals surface area (Å²) in [6.45, 7) is 1.72. The molecule has 5 nitrogen and oxygen atoms in total. The molecule has 1 aromatic carbocycles. The third kappa shape index (κ3) is 1.89. The van der Waals surface area contributed by atoms with Crippen LogP contribution < -0.4 is 0 Å². The molecule has 16 heavy (non-hydrogen) atoms. The lowest BCUT2D eigenvalue weighted by Crippen LogP contribution is -1.92. The van der Waals surface area contributed by atoms with Gasteiger partial charge in [0.05, 0.1) is 4.92 Å². The maximum absolute atomic E-state index is 13.1. The molecule has 0 unspecified atom stereocenters. The first-order valence-corrected chi connectivity index (χ1v) is 5.10. The number of aromatic nitrogens is 2. The minimum atomic E-state index is -0.852. The van der Waals surface area contributed by atoms with Gasteiger partial charge in [-0.2, -0.15) is 8.76 Å². The van der Waals surface area contributed by atoms with Gasteiger partial charge in [-0.15, -0.1) is 0 Å². The highest BCUT2D eigenvalue weighted by Crippen LogP contribution is 2.27. The first kappa shape index (κ1) is 10.6. The molecule has 0 aliphatic rings. The van der Waals surface area contributed by atoms with Crippen LogP contribution in [0.5, 0.6) is 0 Å². The fraction of sp³-hybridized carbons (Fsp3) is 0.111. The van der Waals surface area contributed by atoms with Crippen molar-refractivity contribution >= 4 is 17.2 Å². The van der Waals surface area contributed by atoms with Crippen molar-refractivity contribution in [3.63, 3.8) is 0 Å². The molecule has 0 N–H and O–H groups in total. The molecule has 1 heterocycles. The van der Waals surface area contributed by atoms with E-state index in [4.69, 9.17) is 0 Å². The predicted molar refractivity (Wildman–Crippen MR) is 56.7 cm³/mol. The van der Waals surface area contributed by atoms with Gasteiger partial charge in [0.15, 0.2) is 0 Å². The summed E-state index contributed by atoms with van der Waals surface area (Å²) in [5, 5.41) is 11.1.